The predicted molar refractivity (Wildman–Crippen MR) is 124 cm³/mol. The number of aliphatic hydroxyl groups is 2. The molecule has 0 bridgehead atoms. The van der Waals surface area contributed by atoms with Crippen molar-refractivity contribution in [3.8, 4) is 0 Å². The second kappa shape index (κ2) is 12.1. The minimum Gasteiger partial charge on any atom is -0.388 e. The molecule has 32 heavy (non-hydrogen) atoms. The quantitative estimate of drug-likeness (QED) is 0.452. The van der Waals surface area contributed by atoms with Crippen molar-refractivity contribution in [1.82, 2.24) is 10.6 Å². The summed E-state index contributed by atoms with van der Waals surface area (Å²) >= 11 is 0. The van der Waals surface area contributed by atoms with E-state index in [2.05, 4.69) is 10.6 Å². The van der Waals surface area contributed by atoms with Crippen LogP contribution in [-0.2, 0) is 4.79 Å². The molecule has 0 saturated carbocycles. The SMILES string of the molecule is CCNC(=O)[C@H]1NC[C@@H](CCC(O)c2ccccc2)[C@@H](F)[C@@H]1CCC(O)c1ccccc1. The molecule has 2 unspecified atom stereocenters. The Morgan fingerprint density at radius 2 is 1.53 bits per heavy atom. The number of hydrogen-bond donors (Lipinski definition) is 4. The number of hydrogen-bond acceptors (Lipinski definition) is 4. The second-order valence-electron chi connectivity index (χ2n) is 8.66. The van der Waals surface area contributed by atoms with Crippen molar-refractivity contribution >= 4 is 5.91 Å². The van der Waals surface area contributed by atoms with Gasteiger partial charge in [-0.1, -0.05) is 60.7 Å². The fraction of sp³-hybridized carbons (Fsp3) is 0.500. The zero-order valence-electron chi connectivity index (χ0n) is 18.7. The minimum atomic E-state index is -1.19. The Morgan fingerprint density at radius 3 is 2.06 bits per heavy atom. The summed E-state index contributed by atoms with van der Waals surface area (Å²) in [5.41, 5.74) is 1.62. The Kier molecular flexibility index (Phi) is 9.21. The number of likely N-dealkylation sites (N-methyl/N-ethyl adjacent to an activating group) is 1. The van der Waals surface area contributed by atoms with E-state index >= 15 is 4.39 Å². The van der Waals surface area contributed by atoms with Gasteiger partial charge >= 0.3 is 0 Å². The van der Waals surface area contributed by atoms with Gasteiger partial charge in [0.2, 0.25) is 5.91 Å². The molecular weight excluding hydrogens is 407 g/mol. The van der Waals surface area contributed by atoms with Crippen molar-refractivity contribution in [2.45, 2.75) is 57.0 Å². The van der Waals surface area contributed by atoms with Gasteiger partial charge in [-0.25, -0.2) is 4.39 Å². The van der Waals surface area contributed by atoms with Crippen LogP contribution in [0.2, 0.25) is 0 Å². The maximum absolute atomic E-state index is 15.7. The molecule has 0 spiro atoms. The van der Waals surface area contributed by atoms with Crippen molar-refractivity contribution in [3.05, 3.63) is 71.8 Å². The largest absolute Gasteiger partial charge is 0.388 e. The van der Waals surface area contributed by atoms with Gasteiger partial charge in [-0.15, -0.1) is 0 Å². The molecule has 1 amide bonds. The maximum Gasteiger partial charge on any atom is 0.237 e. The summed E-state index contributed by atoms with van der Waals surface area (Å²) < 4.78 is 15.7. The third-order valence-electron chi connectivity index (χ3n) is 6.47. The third kappa shape index (κ3) is 6.37. The smallest absolute Gasteiger partial charge is 0.237 e. The van der Waals surface area contributed by atoms with Crippen LogP contribution in [0.5, 0.6) is 0 Å². The molecule has 1 aliphatic rings. The number of carbonyl (C=O) groups is 1. The highest BCUT2D eigenvalue weighted by Gasteiger charge is 2.42. The van der Waals surface area contributed by atoms with Gasteiger partial charge in [0.1, 0.15) is 6.17 Å². The Labute approximate surface area is 190 Å². The van der Waals surface area contributed by atoms with Crippen LogP contribution in [0.1, 0.15) is 55.9 Å². The molecule has 3 rings (SSSR count). The van der Waals surface area contributed by atoms with Gasteiger partial charge in [-0.05, 0) is 43.7 Å². The molecule has 4 N–H and O–H groups in total. The van der Waals surface area contributed by atoms with Crippen LogP contribution < -0.4 is 10.6 Å². The predicted octanol–water partition coefficient (Wildman–Crippen LogP) is 3.69. The minimum absolute atomic E-state index is 0.197. The molecule has 1 saturated heterocycles. The molecule has 6 heteroatoms. The van der Waals surface area contributed by atoms with E-state index in [9.17, 15) is 15.0 Å². The van der Waals surface area contributed by atoms with Gasteiger partial charge in [0.25, 0.3) is 0 Å². The summed E-state index contributed by atoms with van der Waals surface area (Å²) in [4.78, 5) is 12.6. The average molecular weight is 443 g/mol. The van der Waals surface area contributed by atoms with E-state index < -0.39 is 30.3 Å². The highest BCUT2D eigenvalue weighted by atomic mass is 19.1. The third-order valence-corrected chi connectivity index (χ3v) is 6.47. The van der Waals surface area contributed by atoms with Crippen LogP contribution in [0.25, 0.3) is 0 Å². The van der Waals surface area contributed by atoms with Gasteiger partial charge in [-0.2, -0.15) is 0 Å². The van der Waals surface area contributed by atoms with E-state index in [1.165, 1.54) is 0 Å². The number of amides is 1. The lowest BCUT2D eigenvalue weighted by molar-refractivity contribution is -0.127. The molecule has 1 fully saturated rings. The van der Waals surface area contributed by atoms with Gasteiger partial charge < -0.3 is 20.8 Å². The van der Waals surface area contributed by atoms with Crippen LogP contribution in [0.15, 0.2) is 60.7 Å². The number of benzene rings is 2. The van der Waals surface area contributed by atoms with Crippen LogP contribution in [0.4, 0.5) is 4.39 Å². The maximum atomic E-state index is 15.7. The number of nitrogens with one attached hydrogen (secondary N) is 2. The first kappa shape index (κ1) is 24.4. The molecule has 5 nitrogen and oxygen atoms in total. The average Bonchev–Trinajstić information content (AvgIpc) is 2.83. The fourth-order valence-corrected chi connectivity index (χ4v) is 4.64. The van der Waals surface area contributed by atoms with E-state index in [1.807, 2.05) is 67.6 Å². The van der Waals surface area contributed by atoms with Gasteiger partial charge in [0.15, 0.2) is 0 Å². The fourth-order valence-electron chi connectivity index (χ4n) is 4.64. The molecule has 0 aromatic heterocycles. The van der Waals surface area contributed by atoms with Crippen molar-refractivity contribution < 1.29 is 19.4 Å². The second-order valence-corrected chi connectivity index (χ2v) is 8.66. The molecule has 1 heterocycles. The van der Waals surface area contributed by atoms with Crippen molar-refractivity contribution in [2.75, 3.05) is 13.1 Å². The van der Waals surface area contributed by atoms with E-state index in [0.717, 1.165) is 11.1 Å². The van der Waals surface area contributed by atoms with Crippen LogP contribution >= 0.6 is 0 Å². The first-order chi connectivity index (χ1) is 15.5. The zero-order chi connectivity index (χ0) is 22.9. The molecule has 0 radical (unpaired) electrons. The molecule has 1 aliphatic heterocycles. The molecule has 6 atom stereocenters. The van der Waals surface area contributed by atoms with Crippen molar-refractivity contribution in [1.29, 1.82) is 0 Å². The summed E-state index contributed by atoms with van der Waals surface area (Å²) in [7, 11) is 0. The van der Waals surface area contributed by atoms with E-state index in [1.54, 1.807) is 0 Å². The first-order valence-electron chi connectivity index (χ1n) is 11.6. The lowest BCUT2D eigenvalue weighted by atomic mass is 9.77. The number of halogens is 1. The van der Waals surface area contributed by atoms with Crippen LogP contribution in [0, 0.1) is 11.8 Å². The number of aliphatic hydroxyl groups excluding tert-OH is 2. The summed E-state index contributed by atoms with van der Waals surface area (Å²) in [5.74, 6) is -1.03. The highest BCUT2D eigenvalue weighted by molar-refractivity contribution is 5.82. The van der Waals surface area contributed by atoms with Crippen molar-refractivity contribution in [2.24, 2.45) is 11.8 Å². The van der Waals surface area contributed by atoms with Crippen LogP contribution in [0.3, 0.4) is 0 Å². The Bertz CT molecular complexity index is 820. The Morgan fingerprint density at radius 1 is 1.00 bits per heavy atom. The first-order valence-corrected chi connectivity index (χ1v) is 11.6. The molecular formula is C26H35FN2O3. The number of carbonyl (C=O) groups excluding carboxylic acids is 1. The van der Waals surface area contributed by atoms with E-state index in [0.29, 0.717) is 38.8 Å². The van der Waals surface area contributed by atoms with Crippen LogP contribution in [-0.4, -0.2) is 41.4 Å². The van der Waals surface area contributed by atoms with E-state index in [-0.39, 0.29) is 11.8 Å². The summed E-state index contributed by atoms with van der Waals surface area (Å²) in [6.45, 7) is 2.72. The number of alkyl halides is 1. The van der Waals surface area contributed by atoms with Gasteiger partial charge in [-0.3, -0.25) is 4.79 Å². The normalized spacial score (nSPS) is 25.1. The number of piperidine rings is 1. The Balaban J connectivity index is 1.64. The molecule has 0 aliphatic carbocycles. The topological polar surface area (TPSA) is 81.6 Å². The zero-order valence-corrected chi connectivity index (χ0v) is 18.7. The number of rotatable bonds is 10. The van der Waals surface area contributed by atoms with E-state index in [4.69, 9.17) is 0 Å². The standard InChI is InChI=1S/C26H35FN2O3/c1-2-28-26(32)25-21(14-16-23(31)19-11-7-4-8-12-19)24(27)20(17-29-25)13-15-22(30)18-9-5-3-6-10-18/h3-12,20-25,29-31H,2,13-17H2,1H3,(H,28,32)/t20-,21+,22?,23?,24-,25+/m1/s1. The lowest BCUT2D eigenvalue weighted by Gasteiger charge is -2.40. The van der Waals surface area contributed by atoms with Gasteiger partial charge in [0, 0.05) is 24.9 Å². The molecule has 174 valence electrons. The summed E-state index contributed by atoms with van der Waals surface area (Å²) in [6, 6.07) is 18.1. The molecule has 2 aromatic rings. The van der Waals surface area contributed by atoms with Crippen molar-refractivity contribution in [3.63, 3.8) is 0 Å². The molecule has 2 aromatic carbocycles. The Hall–Kier alpha value is -2.28. The van der Waals surface area contributed by atoms with Gasteiger partial charge in [0.05, 0.1) is 18.2 Å². The highest BCUT2D eigenvalue weighted by Crippen LogP contribution is 2.35. The summed E-state index contributed by atoms with van der Waals surface area (Å²) in [5, 5.41) is 27.1. The monoisotopic (exact) mass is 442 g/mol. The summed E-state index contributed by atoms with van der Waals surface area (Å²) in [6.07, 6.45) is -0.766. The lowest BCUT2D eigenvalue weighted by Crippen LogP contribution is -2.58.